The highest BCUT2D eigenvalue weighted by atomic mass is 16.3. The summed E-state index contributed by atoms with van der Waals surface area (Å²) in [5.74, 6) is 1.10. The van der Waals surface area contributed by atoms with Gasteiger partial charge in [-0.15, -0.1) is 0 Å². The second-order valence-corrected chi connectivity index (χ2v) is 5.41. The molecule has 1 amide bonds. The summed E-state index contributed by atoms with van der Waals surface area (Å²) in [6, 6.07) is 12.0. The van der Waals surface area contributed by atoms with Crippen molar-refractivity contribution in [1.82, 2.24) is 5.32 Å². The quantitative estimate of drug-likeness (QED) is 0.920. The summed E-state index contributed by atoms with van der Waals surface area (Å²) >= 11 is 0. The van der Waals surface area contributed by atoms with Gasteiger partial charge in [0.15, 0.2) is 5.76 Å². The molecule has 1 unspecified atom stereocenters. The first-order chi connectivity index (χ1) is 10.2. The predicted octanol–water partition coefficient (Wildman–Crippen LogP) is 3.29. The van der Waals surface area contributed by atoms with Crippen LogP contribution in [0, 0.1) is 6.92 Å². The number of hydrogen-bond donors (Lipinski definition) is 1. The normalized spacial score (nSPS) is 18.2. The van der Waals surface area contributed by atoms with Crippen molar-refractivity contribution in [2.45, 2.75) is 25.8 Å². The molecule has 0 saturated carbocycles. The molecule has 1 aromatic carbocycles. The van der Waals surface area contributed by atoms with Crippen LogP contribution >= 0.6 is 0 Å². The maximum absolute atomic E-state index is 12.7. The average molecular weight is 284 g/mol. The smallest absolute Gasteiger partial charge is 0.293 e. The van der Waals surface area contributed by atoms with Crippen molar-refractivity contribution in [3.63, 3.8) is 0 Å². The Balaban J connectivity index is 2.00. The number of carbonyl (C=O) groups is 1. The lowest BCUT2D eigenvalue weighted by atomic mass is 10.0. The Morgan fingerprint density at radius 3 is 2.81 bits per heavy atom. The van der Waals surface area contributed by atoms with Gasteiger partial charge < -0.3 is 14.6 Å². The minimum absolute atomic E-state index is 0.0627. The van der Waals surface area contributed by atoms with E-state index in [-0.39, 0.29) is 11.9 Å². The molecule has 0 bridgehead atoms. The van der Waals surface area contributed by atoms with E-state index in [1.54, 1.807) is 6.07 Å². The van der Waals surface area contributed by atoms with Gasteiger partial charge in [0.25, 0.3) is 5.91 Å². The minimum atomic E-state index is -0.0627. The standard InChI is InChI=1S/C17H20N2O2/c1-12-9-10-16(21-12)17(20)19-11-5-7-14(18-2)13-6-3-4-8-15(13)19/h3-4,6,8-10,14,18H,5,7,11H2,1-2H3. The zero-order valence-electron chi connectivity index (χ0n) is 12.4. The highest BCUT2D eigenvalue weighted by Crippen LogP contribution is 2.33. The zero-order chi connectivity index (χ0) is 14.8. The minimum Gasteiger partial charge on any atom is -0.456 e. The SMILES string of the molecule is CNC1CCCN(C(=O)c2ccc(C)o2)c2ccccc21. The molecule has 21 heavy (non-hydrogen) atoms. The van der Waals surface area contributed by atoms with E-state index in [4.69, 9.17) is 4.42 Å². The molecular formula is C17H20N2O2. The molecule has 1 aliphatic rings. The molecule has 4 nitrogen and oxygen atoms in total. The Bertz CT molecular complexity index is 648. The van der Waals surface area contributed by atoms with Gasteiger partial charge in [-0.1, -0.05) is 18.2 Å². The van der Waals surface area contributed by atoms with Gasteiger partial charge in [-0.05, 0) is 50.6 Å². The summed E-state index contributed by atoms with van der Waals surface area (Å²) in [4.78, 5) is 14.6. The van der Waals surface area contributed by atoms with E-state index in [0.717, 1.165) is 24.3 Å². The lowest BCUT2D eigenvalue weighted by Gasteiger charge is -2.23. The van der Waals surface area contributed by atoms with Crippen molar-refractivity contribution in [1.29, 1.82) is 0 Å². The number of para-hydroxylation sites is 1. The lowest BCUT2D eigenvalue weighted by molar-refractivity contribution is 0.0959. The fraction of sp³-hybridized carbons (Fsp3) is 0.353. The van der Waals surface area contributed by atoms with Crippen molar-refractivity contribution in [3.8, 4) is 0 Å². The number of nitrogens with one attached hydrogen (secondary N) is 1. The van der Waals surface area contributed by atoms with E-state index in [0.29, 0.717) is 12.3 Å². The summed E-state index contributed by atoms with van der Waals surface area (Å²) in [5, 5.41) is 3.34. The van der Waals surface area contributed by atoms with E-state index in [1.165, 1.54) is 5.56 Å². The number of furan rings is 1. The number of rotatable bonds is 2. The average Bonchev–Trinajstić information content (AvgIpc) is 2.84. The first-order valence-electron chi connectivity index (χ1n) is 7.35. The van der Waals surface area contributed by atoms with Crippen LogP contribution in [0.1, 0.15) is 40.8 Å². The van der Waals surface area contributed by atoms with Gasteiger partial charge in [0.05, 0.1) is 0 Å². The summed E-state index contributed by atoms with van der Waals surface area (Å²) < 4.78 is 5.50. The second-order valence-electron chi connectivity index (χ2n) is 5.41. The Hall–Kier alpha value is -2.07. The molecule has 0 fully saturated rings. The van der Waals surface area contributed by atoms with Gasteiger partial charge in [-0.25, -0.2) is 0 Å². The van der Waals surface area contributed by atoms with Gasteiger partial charge in [-0.2, -0.15) is 0 Å². The van der Waals surface area contributed by atoms with Gasteiger partial charge in [0, 0.05) is 18.3 Å². The summed E-state index contributed by atoms with van der Waals surface area (Å²) in [7, 11) is 1.97. The number of carbonyl (C=O) groups excluding carboxylic acids is 1. The molecule has 2 heterocycles. The van der Waals surface area contributed by atoms with Crippen LogP contribution in [-0.2, 0) is 0 Å². The van der Waals surface area contributed by atoms with Gasteiger partial charge in [-0.3, -0.25) is 4.79 Å². The van der Waals surface area contributed by atoms with E-state index >= 15 is 0 Å². The van der Waals surface area contributed by atoms with Crippen molar-refractivity contribution in [2.24, 2.45) is 0 Å². The molecule has 110 valence electrons. The molecule has 0 radical (unpaired) electrons. The van der Waals surface area contributed by atoms with Gasteiger partial charge in [0.1, 0.15) is 5.76 Å². The third-order valence-corrected chi connectivity index (χ3v) is 4.02. The zero-order valence-corrected chi connectivity index (χ0v) is 12.4. The van der Waals surface area contributed by atoms with Crippen molar-refractivity contribution in [2.75, 3.05) is 18.5 Å². The third-order valence-electron chi connectivity index (χ3n) is 4.02. The van der Waals surface area contributed by atoms with E-state index < -0.39 is 0 Å². The highest BCUT2D eigenvalue weighted by Gasteiger charge is 2.27. The molecule has 0 spiro atoms. The van der Waals surface area contributed by atoms with E-state index in [9.17, 15) is 4.79 Å². The van der Waals surface area contributed by atoms with E-state index in [1.807, 2.05) is 43.1 Å². The Morgan fingerprint density at radius 1 is 1.29 bits per heavy atom. The van der Waals surface area contributed by atoms with Gasteiger partial charge >= 0.3 is 0 Å². The maximum atomic E-state index is 12.7. The Morgan fingerprint density at radius 2 is 2.10 bits per heavy atom. The number of hydrogen-bond acceptors (Lipinski definition) is 3. The van der Waals surface area contributed by atoms with Crippen LogP contribution < -0.4 is 10.2 Å². The molecule has 1 aliphatic heterocycles. The molecule has 0 saturated heterocycles. The van der Waals surface area contributed by atoms with Crippen LogP contribution in [0.15, 0.2) is 40.8 Å². The van der Waals surface area contributed by atoms with Crippen LogP contribution in [0.4, 0.5) is 5.69 Å². The monoisotopic (exact) mass is 284 g/mol. The number of amides is 1. The maximum Gasteiger partial charge on any atom is 0.293 e. The highest BCUT2D eigenvalue weighted by molar-refractivity contribution is 6.04. The Kier molecular flexibility index (Phi) is 3.80. The first kappa shape index (κ1) is 13.9. The van der Waals surface area contributed by atoms with Crippen LogP contribution in [0.5, 0.6) is 0 Å². The number of fused-ring (bicyclic) bond motifs is 1. The topological polar surface area (TPSA) is 45.5 Å². The first-order valence-corrected chi connectivity index (χ1v) is 7.35. The fourth-order valence-corrected chi connectivity index (χ4v) is 2.95. The molecule has 4 heteroatoms. The number of aryl methyl sites for hydroxylation is 1. The van der Waals surface area contributed by atoms with Crippen LogP contribution in [0.25, 0.3) is 0 Å². The molecular weight excluding hydrogens is 264 g/mol. The summed E-state index contributed by atoms with van der Waals surface area (Å²) in [6.45, 7) is 2.57. The van der Waals surface area contributed by atoms with Crippen LogP contribution in [-0.4, -0.2) is 19.5 Å². The number of nitrogens with zero attached hydrogens (tertiary/aromatic N) is 1. The molecule has 0 aliphatic carbocycles. The summed E-state index contributed by atoms with van der Waals surface area (Å²) in [6.07, 6.45) is 1.99. The second kappa shape index (κ2) is 5.74. The van der Waals surface area contributed by atoms with Crippen LogP contribution in [0.2, 0.25) is 0 Å². The van der Waals surface area contributed by atoms with Crippen molar-refractivity contribution < 1.29 is 9.21 Å². The lowest BCUT2D eigenvalue weighted by Crippen LogP contribution is -2.31. The van der Waals surface area contributed by atoms with E-state index in [2.05, 4.69) is 11.4 Å². The van der Waals surface area contributed by atoms with Gasteiger partial charge in [0.2, 0.25) is 0 Å². The third kappa shape index (κ3) is 2.59. The molecule has 1 N–H and O–H groups in total. The Labute approximate surface area is 124 Å². The van der Waals surface area contributed by atoms with Crippen molar-refractivity contribution in [3.05, 3.63) is 53.5 Å². The van der Waals surface area contributed by atoms with Crippen molar-refractivity contribution >= 4 is 11.6 Å². The number of anilines is 1. The van der Waals surface area contributed by atoms with Crippen LogP contribution in [0.3, 0.4) is 0 Å². The molecule has 1 atom stereocenters. The largest absolute Gasteiger partial charge is 0.456 e. The summed E-state index contributed by atoms with van der Waals surface area (Å²) in [5.41, 5.74) is 2.16. The predicted molar refractivity (Wildman–Crippen MR) is 82.6 cm³/mol. The molecule has 3 rings (SSSR count). The number of benzene rings is 1. The molecule has 1 aromatic heterocycles. The molecule has 2 aromatic rings. The fourth-order valence-electron chi connectivity index (χ4n) is 2.95.